The van der Waals surface area contributed by atoms with E-state index in [-0.39, 0.29) is 0 Å². The molecule has 1 saturated heterocycles. The van der Waals surface area contributed by atoms with Crippen LogP contribution in [-0.2, 0) is 4.74 Å². The van der Waals surface area contributed by atoms with Crippen LogP contribution in [0, 0.1) is 12.8 Å². The molecule has 0 aliphatic carbocycles. The molecule has 1 aliphatic rings. The van der Waals surface area contributed by atoms with Crippen LogP contribution in [0.25, 0.3) is 0 Å². The van der Waals surface area contributed by atoms with Crippen LogP contribution in [-0.4, -0.2) is 19.8 Å². The highest BCUT2D eigenvalue weighted by molar-refractivity contribution is 6.31. The average Bonchev–Trinajstić information content (AvgIpc) is 2.71. The molecule has 17 heavy (non-hydrogen) atoms. The molecule has 3 heteroatoms. The summed E-state index contributed by atoms with van der Waals surface area (Å²) in [5.41, 5.74) is 2.38. The Hall–Kier alpha value is -0.570. The van der Waals surface area contributed by atoms with Crippen LogP contribution in [0.1, 0.15) is 30.5 Å². The van der Waals surface area contributed by atoms with Gasteiger partial charge in [0.15, 0.2) is 0 Å². The van der Waals surface area contributed by atoms with Crippen LogP contribution < -0.4 is 5.32 Å². The van der Waals surface area contributed by atoms with Crippen molar-refractivity contribution < 1.29 is 4.74 Å². The first kappa shape index (κ1) is 12.9. The molecule has 2 rings (SSSR count). The lowest BCUT2D eigenvalue weighted by molar-refractivity contribution is 0.117. The predicted molar refractivity (Wildman–Crippen MR) is 71.5 cm³/mol. The molecule has 0 bridgehead atoms. The summed E-state index contributed by atoms with van der Waals surface area (Å²) < 4.78 is 5.65. The van der Waals surface area contributed by atoms with Crippen molar-refractivity contribution in [2.24, 2.45) is 5.92 Å². The number of hydrogen-bond donors (Lipinski definition) is 1. The van der Waals surface area contributed by atoms with Crippen molar-refractivity contribution >= 4 is 11.6 Å². The highest BCUT2D eigenvalue weighted by Crippen LogP contribution is 2.32. The van der Waals surface area contributed by atoms with Gasteiger partial charge in [-0.2, -0.15) is 0 Å². The molecule has 0 saturated carbocycles. The zero-order chi connectivity index (χ0) is 12.4. The van der Waals surface area contributed by atoms with Crippen LogP contribution >= 0.6 is 11.6 Å². The number of ether oxygens (including phenoxy) is 1. The van der Waals surface area contributed by atoms with E-state index in [1.54, 1.807) is 0 Å². The first-order valence-electron chi connectivity index (χ1n) is 6.16. The average molecular weight is 254 g/mol. The third kappa shape index (κ3) is 2.82. The van der Waals surface area contributed by atoms with E-state index < -0.39 is 0 Å². The van der Waals surface area contributed by atoms with Crippen LogP contribution in [0.15, 0.2) is 18.2 Å². The lowest BCUT2D eigenvalue weighted by Gasteiger charge is -2.23. The number of aryl methyl sites for hydroxylation is 1. The summed E-state index contributed by atoms with van der Waals surface area (Å²) >= 11 is 6.19. The molecule has 94 valence electrons. The Bertz CT molecular complexity index is 394. The second kappa shape index (κ2) is 5.38. The Labute approximate surface area is 108 Å². The van der Waals surface area contributed by atoms with Gasteiger partial charge in [0.2, 0.25) is 0 Å². The van der Waals surface area contributed by atoms with Gasteiger partial charge in [0.25, 0.3) is 0 Å². The maximum Gasteiger partial charge on any atom is 0.0551 e. The number of hydrogen-bond acceptors (Lipinski definition) is 2. The minimum atomic E-state index is 0.332. The smallest absolute Gasteiger partial charge is 0.0551 e. The molecule has 0 spiro atoms. The molecule has 1 heterocycles. The Kier molecular flexibility index (Phi) is 4.08. The highest BCUT2D eigenvalue weighted by atomic mass is 35.5. The fourth-order valence-corrected chi connectivity index (χ4v) is 2.75. The van der Waals surface area contributed by atoms with Gasteiger partial charge in [-0.25, -0.2) is 0 Å². The standard InChI is InChI=1S/C14H20ClNO/c1-9-4-5-11(7-13(9)15)14(16-3)12-6-10(2)17-8-12/h4-5,7,10,12,14,16H,6,8H2,1-3H3. The fraction of sp³-hybridized carbons (Fsp3) is 0.571. The zero-order valence-electron chi connectivity index (χ0n) is 10.7. The van der Waals surface area contributed by atoms with E-state index in [4.69, 9.17) is 16.3 Å². The minimum Gasteiger partial charge on any atom is -0.378 e. The van der Waals surface area contributed by atoms with E-state index in [1.165, 1.54) is 5.56 Å². The molecule has 0 amide bonds. The van der Waals surface area contributed by atoms with E-state index in [1.807, 2.05) is 14.0 Å². The Morgan fingerprint density at radius 2 is 2.24 bits per heavy atom. The normalized spacial score (nSPS) is 26.1. The first-order valence-corrected chi connectivity index (χ1v) is 6.54. The molecule has 1 N–H and O–H groups in total. The monoisotopic (exact) mass is 253 g/mol. The number of halogens is 1. The number of benzene rings is 1. The van der Waals surface area contributed by atoms with Gasteiger partial charge >= 0.3 is 0 Å². The van der Waals surface area contributed by atoms with Crippen molar-refractivity contribution in [2.45, 2.75) is 32.4 Å². The number of rotatable bonds is 3. The Morgan fingerprint density at radius 3 is 2.76 bits per heavy atom. The minimum absolute atomic E-state index is 0.332. The first-order chi connectivity index (χ1) is 8.11. The molecule has 1 fully saturated rings. The molecule has 1 aromatic carbocycles. The second-order valence-electron chi connectivity index (χ2n) is 4.91. The van der Waals surface area contributed by atoms with E-state index in [2.05, 4.69) is 30.4 Å². The number of nitrogens with one attached hydrogen (secondary N) is 1. The zero-order valence-corrected chi connectivity index (χ0v) is 11.4. The topological polar surface area (TPSA) is 21.3 Å². The van der Waals surface area contributed by atoms with Gasteiger partial charge in [0.1, 0.15) is 0 Å². The summed E-state index contributed by atoms with van der Waals surface area (Å²) in [4.78, 5) is 0. The third-order valence-corrected chi connectivity index (χ3v) is 3.97. The van der Waals surface area contributed by atoms with Crippen molar-refractivity contribution in [3.63, 3.8) is 0 Å². The van der Waals surface area contributed by atoms with Gasteiger partial charge in [-0.3, -0.25) is 0 Å². The maximum absolute atomic E-state index is 6.19. The van der Waals surface area contributed by atoms with E-state index in [0.29, 0.717) is 18.1 Å². The quantitative estimate of drug-likeness (QED) is 0.892. The SMILES string of the molecule is CNC(c1ccc(C)c(Cl)c1)C1COC(C)C1. The predicted octanol–water partition coefficient (Wildman–Crippen LogP) is 3.33. The van der Waals surface area contributed by atoms with Gasteiger partial charge in [-0.15, -0.1) is 0 Å². The summed E-state index contributed by atoms with van der Waals surface area (Å²) in [6, 6.07) is 6.64. The third-order valence-electron chi connectivity index (χ3n) is 3.57. The van der Waals surface area contributed by atoms with E-state index in [0.717, 1.165) is 23.6 Å². The molecule has 3 unspecified atom stereocenters. The van der Waals surface area contributed by atoms with Crippen molar-refractivity contribution in [3.8, 4) is 0 Å². The Balaban J connectivity index is 2.20. The summed E-state index contributed by atoms with van der Waals surface area (Å²) in [5, 5.41) is 4.23. The van der Waals surface area contributed by atoms with Gasteiger partial charge < -0.3 is 10.1 Å². The summed E-state index contributed by atoms with van der Waals surface area (Å²) in [7, 11) is 2.00. The molecular formula is C14H20ClNO. The summed E-state index contributed by atoms with van der Waals surface area (Å²) in [6.07, 6.45) is 1.48. The van der Waals surface area contributed by atoms with Crippen LogP contribution in [0.4, 0.5) is 0 Å². The second-order valence-corrected chi connectivity index (χ2v) is 5.32. The molecule has 0 radical (unpaired) electrons. The molecule has 0 aromatic heterocycles. The largest absolute Gasteiger partial charge is 0.378 e. The molecule has 2 nitrogen and oxygen atoms in total. The highest BCUT2D eigenvalue weighted by Gasteiger charge is 2.29. The molecule has 1 aromatic rings. The van der Waals surface area contributed by atoms with Crippen molar-refractivity contribution in [1.29, 1.82) is 0 Å². The lowest BCUT2D eigenvalue weighted by Crippen LogP contribution is -2.25. The maximum atomic E-state index is 6.19. The molecule has 1 aliphatic heterocycles. The van der Waals surface area contributed by atoms with Crippen LogP contribution in [0.2, 0.25) is 5.02 Å². The van der Waals surface area contributed by atoms with Crippen molar-refractivity contribution in [1.82, 2.24) is 5.32 Å². The molecule has 3 atom stereocenters. The van der Waals surface area contributed by atoms with Gasteiger partial charge in [0.05, 0.1) is 12.7 Å². The summed E-state index contributed by atoms with van der Waals surface area (Å²) in [5.74, 6) is 0.536. The molecular weight excluding hydrogens is 234 g/mol. The van der Waals surface area contributed by atoms with Gasteiger partial charge in [-0.05, 0) is 44.5 Å². The van der Waals surface area contributed by atoms with Crippen molar-refractivity contribution in [2.75, 3.05) is 13.7 Å². The Morgan fingerprint density at radius 1 is 1.47 bits per heavy atom. The van der Waals surface area contributed by atoms with E-state index in [9.17, 15) is 0 Å². The van der Waals surface area contributed by atoms with E-state index >= 15 is 0 Å². The van der Waals surface area contributed by atoms with Crippen LogP contribution in [0.3, 0.4) is 0 Å². The van der Waals surface area contributed by atoms with Gasteiger partial charge in [0, 0.05) is 17.0 Å². The summed E-state index contributed by atoms with van der Waals surface area (Å²) in [6.45, 7) is 4.99. The van der Waals surface area contributed by atoms with Gasteiger partial charge in [-0.1, -0.05) is 23.7 Å². The lowest BCUT2D eigenvalue weighted by atomic mass is 9.91. The van der Waals surface area contributed by atoms with Crippen LogP contribution in [0.5, 0.6) is 0 Å². The van der Waals surface area contributed by atoms with Crippen molar-refractivity contribution in [3.05, 3.63) is 34.3 Å². The fourth-order valence-electron chi connectivity index (χ4n) is 2.56.